The van der Waals surface area contributed by atoms with Gasteiger partial charge in [0.25, 0.3) is 0 Å². The molecular formula is C27H28FN7O. The van der Waals surface area contributed by atoms with Gasteiger partial charge in [0, 0.05) is 68.2 Å². The number of carbonyl (C=O) groups is 1. The molecule has 4 aromatic rings. The van der Waals surface area contributed by atoms with Crippen LogP contribution in [-0.4, -0.2) is 56.0 Å². The van der Waals surface area contributed by atoms with Gasteiger partial charge >= 0.3 is 6.03 Å². The Bertz CT molecular complexity index is 1530. The van der Waals surface area contributed by atoms with Crippen molar-refractivity contribution in [3.8, 4) is 0 Å². The van der Waals surface area contributed by atoms with Crippen LogP contribution < -0.4 is 10.9 Å². The zero-order valence-corrected chi connectivity index (χ0v) is 20.0. The first-order valence-electron chi connectivity index (χ1n) is 12.7. The van der Waals surface area contributed by atoms with Crippen LogP contribution in [0.1, 0.15) is 36.1 Å². The van der Waals surface area contributed by atoms with E-state index < -0.39 is 0 Å². The Labute approximate surface area is 208 Å². The third kappa shape index (κ3) is 3.37. The smallest absolute Gasteiger partial charge is 0.320 e. The van der Waals surface area contributed by atoms with E-state index in [1.807, 2.05) is 44.8 Å². The summed E-state index contributed by atoms with van der Waals surface area (Å²) < 4.78 is 19.2. The van der Waals surface area contributed by atoms with Crippen molar-refractivity contribution < 1.29 is 9.18 Å². The van der Waals surface area contributed by atoms with Gasteiger partial charge < -0.3 is 19.8 Å². The number of aromatic nitrogens is 3. The molecule has 36 heavy (non-hydrogen) atoms. The quantitative estimate of drug-likeness (QED) is 0.453. The number of rotatable bonds is 2. The number of hydrogen-bond donors (Lipinski definition) is 2. The molecule has 8 nitrogen and oxygen atoms in total. The Morgan fingerprint density at radius 3 is 2.81 bits per heavy atom. The summed E-state index contributed by atoms with van der Waals surface area (Å²) in [6.45, 7) is 3.93. The SMILES string of the molecule is O=C(N1CCCCC1)N1CCn2cc(C3=C(c4cnc5ccccn45)NNC3)c3cc(F)cc(c32)C1. The summed E-state index contributed by atoms with van der Waals surface area (Å²) in [6.07, 6.45) is 9.27. The first-order valence-corrected chi connectivity index (χ1v) is 12.7. The molecule has 0 unspecified atom stereocenters. The topological polar surface area (TPSA) is 69.8 Å². The number of halogens is 1. The lowest BCUT2D eigenvalue weighted by molar-refractivity contribution is 0.140. The van der Waals surface area contributed by atoms with Gasteiger partial charge in [0.15, 0.2) is 0 Å². The molecule has 184 valence electrons. The maximum atomic E-state index is 15.0. The second-order valence-electron chi connectivity index (χ2n) is 9.85. The minimum atomic E-state index is -0.278. The zero-order chi connectivity index (χ0) is 24.2. The van der Waals surface area contributed by atoms with Crippen LogP contribution in [0.3, 0.4) is 0 Å². The summed E-state index contributed by atoms with van der Waals surface area (Å²) >= 11 is 0. The lowest BCUT2D eigenvalue weighted by atomic mass is 10.0. The molecule has 0 saturated carbocycles. The van der Waals surface area contributed by atoms with E-state index in [1.54, 1.807) is 12.1 Å². The summed E-state index contributed by atoms with van der Waals surface area (Å²) in [5.41, 5.74) is 13.3. The van der Waals surface area contributed by atoms with E-state index in [0.29, 0.717) is 26.2 Å². The van der Waals surface area contributed by atoms with Crippen LogP contribution in [0.5, 0.6) is 0 Å². The summed E-state index contributed by atoms with van der Waals surface area (Å²) in [4.78, 5) is 21.6. The summed E-state index contributed by atoms with van der Waals surface area (Å²) in [7, 11) is 0. The van der Waals surface area contributed by atoms with Crippen LogP contribution in [0.4, 0.5) is 9.18 Å². The van der Waals surface area contributed by atoms with Crippen molar-refractivity contribution in [2.24, 2.45) is 0 Å². The molecule has 1 fully saturated rings. The third-order valence-electron chi connectivity index (χ3n) is 7.66. The van der Waals surface area contributed by atoms with Crippen molar-refractivity contribution in [2.45, 2.75) is 32.4 Å². The second kappa shape index (κ2) is 8.37. The number of fused-ring (bicyclic) bond motifs is 1. The monoisotopic (exact) mass is 485 g/mol. The number of carbonyl (C=O) groups excluding carboxylic acids is 1. The van der Waals surface area contributed by atoms with Crippen molar-refractivity contribution in [3.63, 3.8) is 0 Å². The highest BCUT2D eigenvalue weighted by molar-refractivity contribution is 6.02. The molecule has 0 atom stereocenters. The normalized spacial score (nSPS) is 18.2. The second-order valence-corrected chi connectivity index (χ2v) is 9.85. The van der Waals surface area contributed by atoms with Gasteiger partial charge in [-0.3, -0.25) is 4.40 Å². The highest BCUT2D eigenvalue weighted by atomic mass is 19.1. The molecule has 3 aliphatic rings. The predicted octanol–water partition coefficient (Wildman–Crippen LogP) is 3.83. The van der Waals surface area contributed by atoms with Gasteiger partial charge in [0.2, 0.25) is 0 Å². The number of nitrogens with zero attached hydrogens (tertiary/aromatic N) is 5. The van der Waals surface area contributed by atoms with Crippen molar-refractivity contribution in [1.29, 1.82) is 0 Å². The average Bonchev–Trinajstić information content (AvgIpc) is 3.60. The minimum Gasteiger partial charge on any atom is -0.345 e. The Morgan fingerprint density at radius 1 is 1.03 bits per heavy atom. The number of piperidine rings is 1. The van der Waals surface area contributed by atoms with Gasteiger partial charge in [0.05, 0.1) is 23.1 Å². The van der Waals surface area contributed by atoms with E-state index in [2.05, 4.69) is 26.6 Å². The zero-order valence-electron chi connectivity index (χ0n) is 20.0. The predicted molar refractivity (Wildman–Crippen MR) is 136 cm³/mol. The molecule has 0 spiro atoms. The Balaban J connectivity index is 1.32. The van der Waals surface area contributed by atoms with Crippen molar-refractivity contribution in [2.75, 3.05) is 26.2 Å². The molecular weight excluding hydrogens is 457 g/mol. The summed E-state index contributed by atoms with van der Waals surface area (Å²) in [5, 5.41) is 0.879. The first kappa shape index (κ1) is 21.4. The fourth-order valence-corrected chi connectivity index (χ4v) is 5.94. The van der Waals surface area contributed by atoms with E-state index in [0.717, 1.165) is 70.6 Å². The maximum absolute atomic E-state index is 15.0. The Kier molecular flexibility index (Phi) is 4.99. The van der Waals surface area contributed by atoms with Crippen molar-refractivity contribution in [3.05, 3.63) is 71.6 Å². The summed E-state index contributed by atoms with van der Waals surface area (Å²) in [6, 6.07) is 9.22. The number of pyridine rings is 1. The van der Waals surface area contributed by atoms with Gasteiger partial charge in [-0.25, -0.2) is 19.6 Å². The standard InChI is InChI=1S/C27H28FN7O/c28-19-12-18-16-34(27(36)32-7-3-1-4-8-32)11-10-33-17-22(20(13-19)26(18)33)21-14-30-31-25(21)23-15-29-24-6-2-5-9-35(23)24/h2,5-6,9,12-13,15,17,30-31H,1,3-4,7-8,10-11,14,16H2. The fourth-order valence-electron chi connectivity index (χ4n) is 5.94. The maximum Gasteiger partial charge on any atom is 0.320 e. The molecule has 3 aromatic heterocycles. The molecule has 7 rings (SSSR count). The van der Waals surface area contributed by atoms with Gasteiger partial charge in [-0.1, -0.05) is 6.07 Å². The molecule has 0 aliphatic carbocycles. The van der Waals surface area contributed by atoms with Crippen LogP contribution in [0.15, 0.2) is 48.9 Å². The number of hydrazine groups is 1. The fraction of sp³-hybridized carbons (Fsp3) is 0.333. The van der Waals surface area contributed by atoms with E-state index in [1.165, 1.54) is 6.42 Å². The number of nitrogens with one attached hydrogen (secondary N) is 2. The van der Waals surface area contributed by atoms with E-state index in [4.69, 9.17) is 0 Å². The number of likely N-dealkylation sites (tertiary alicyclic amines) is 1. The Morgan fingerprint density at radius 2 is 1.92 bits per heavy atom. The van der Waals surface area contributed by atoms with Crippen LogP contribution in [0.25, 0.3) is 27.8 Å². The number of hydrogen-bond acceptors (Lipinski definition) is 4. The minimum absolute atomic E-state index is 0.0693. The largest absolute Gasteiger partial charge is 0.345 e. The van der Waals surface area contributed by atoms with Crippen LogP contribution in [0, 0.1) is 5.82 Å². The lowest BCUT2D eigenvalue weighted by Crippen LogP contribution is -2.45. The molecule has 9 heteroatoms. The number of amides is 2. The Hall–Kier alpha value is -3.85. The molecule has 3 aliphatic heterocycles. The molecule has 0 bridgehead atoms. The first-order chi connectivity index (χ1) is 17.7. The van der Waals surface area contributed by atoms with Crippen LogP contribution in [0.2, 0.25) is 0 Å². The van der Waals surface area contributed by atoms with Gasteiger partial charge in [-0.05, 0) is 49.1 Å². The van der Waals surface area contributed by atoms with Crippen LogP contribution in [-0.2, 0) is 13.1 Å². The number of imidazole rings is 1. The van der Waals surface area contributed by atoms with Gasteiger partial charge in [0.1, 0.15) is 11.5 Å². The lowest BCUT2D eigenvalue weighted by Gasteiger charge is -2.32. The van der Waals surface area contributed by atoms with E-state index in [-0.39, 0.29) is 11.8 Å². The molecule has 1 aromatic carbocycles. The van der Waals surface area contributed by atoms with E-state index >= 15 is 0 Å². The van der Waals surface area contributed by atoms with Gasteiger partial charge in [-0.2, -0.15) is 0 Å². The van der Waals surface area contributed by atoms with Gasteiger partial charge in [-0.15, -0.1) is 0 Å². The molecule has 1 saturated heterocycles. The molecule has 0 radical (unpaired) electrons. The average molecular weight is 486 g/mol. The molecule has 2 amide bonds. The molecule has 6 heterocycles. The third-order valence-corrected chi connectivity index (χ3v) is 7.66. The van der Waals surface area contributed by atoms with E-state index in [9.17, 15) is 9.18 Å². The highest BCUT2D eigenvalue weighted by Gasteiger charge is 2.29. The number of benzene rings is 1. The number of urea groups is 1. The summed E-state index contributed by atoms with van der Waals surface area (Å²) in [5.74, 6) is -0.278. The van der Waals surface area contributed by atoms with Crippen molar-refractivity contribution in [1.82, 2.24) is 34.6 Å². The highest BCUT2D eigenvalue weighted by Crippen LogP contribution is 2.36. The van der Waals surface area contributed by atoms with Crippen LogP contribution >= 0.6 is 0 Å². The van der Waals surface area contributed by atoms with Crippen molar-refractivity contribution >= 4 is 33.9 Å². The molecule has 2 N–H and O–H groups in total.